The van der Waals surface area contributed by atoms with E-state index in [1.807, 2.05) is 19.0 Å². The highest BCUT2D eigenvalue weighted by Gasteiger charge is 2.65. The largest absolute Gasteiger partial charge is 0.458 e. The van der Waals surface area contributed by atoms with Crippen molar-refractivity contribution in [3.05, 3.63) is 0 Å². The first kappa shape index (κ1) is 21.8. The fourth-order valence-corrected chi connectivity index (χ4v) is 8.75. The summed E-state index contributed by atoms with van der Waals surface area (Å²) in [7, 11) is 3.73. The van der Waals surface area contributed by atoms with E-state index in [-0.39, 0.29) is 41.0 Å². The van der Waals surface area contributed by atoms with Gasteiger partial charge < -0.3 is 26.0 Å². The summed E-state index contributed by atoms with van der Waals surface area (Å²) in [6, 6.07) is 1.22. The molecule has 7 atom stereocenters. The number of nitrogens with zero attached hydrogens (tertiary/aromatic N) is 2. The summed E-state index contributed by atoms with van der Waals surface area (Å²) in [6.07, 6.45) is 9.18. The lowest BCUT2D eigenvalue weighted by molar-refractivity contribution is -0.208. The number of likely N-dealkylation sites (N-methyl/N-ethyl adjacent to an activating group) is 2. The van der Waals surface area contributed by atoms with E-state index in [9.17, 15) is 14.9 Å². The zero-order valence-corrected chi connectivity index (χ0v) is 19.8. The van der Waals surface area contributed by atoms with Crippen molar-refractivity contribution in [2.75, 3.05) is 14.1 Å². The van der Waals surface area contributed by atoms with Crippen LogP contribution in [-0.2, 0) is 14.3 Å². The van der Waals surface area contributed by atoms with Crippen LogP contribution in [0.5, 0.6) is 0 Å². The fourth-order valence-electron chi connectivity index (χ4n) is 8.75. The summed E-state index contributed by atoms with van der Waals surface area (Å²) in [5.41, 5.74) is 5.76. The van der Waals surface area contributed by atoms with Gasteiger partial charge in [0.1, 0.15) is 17.7 Å². The van der Waals surface area contributed by atoms with Gasteiger partial charge in [0.05, 0.1) is 12.1 Å². The summed E-state index contributed by atoms with van der Waals surface area (Å²) in [6.45, 7) is 0. The number of nitrogens with two attached hydrogens (primary N) is 1. The molecule has 0 spiro atoms. The lowest BCUT2D eigenvalue weighted by Crippen LogP contribution is -2.66. The lowest BCUT2D eigenvalue weighted by atomic mass is 9.46. The van der Waals surface area contributed by atoms with Crippen molar-refractivity contribution in [3.8, 4) is 6.07 Å². The van der Waals surface area contributed by atoms with Gasteiger partial charge >= 0.3 is 5.97 Å². The topological polar surface area (TPSA) is 120 Å². The number of nitriles is 1. The van der Waals surface area contributed by atoms with E-state index in [0.29, 0.717) is 24.2 Å². The van der Waals surface area contributed by atoms with Crippen LogP contribution >= 0.6 is 0 Å². The molecule has 1 aliphatic heterocycles. The lowest BCUT2D eigenvalue weighted by Gasteiger charge is -2.62. The van der Waals surface area contributed by atoms with Crippen molar-refractivity contribution in [2.24, 2.45) is 28.9 Å². The van der Waals surface area contributed by atoms with Gasteiger partial charge in [0.25, 0.3) is 0 Å². The van der Waals surface area contributed by atoms with Crippen LogP contribution in [0.1, 0.15) is 64.2 Å². The molecule has 0 aromatic rings. The quantitative estimate of drug-likeness (QED) is 0.491. The molecule has 1 amide bonds. The van der Waals surface area contributed by atoms with Crippen molar-refractivity contribution < 1.29 is 14.3 Å². The number of carbonyl (C=O) groups is 2. The van der Waals surface area contributed by atoms with Crippen molar-refractivity contribution in [1.82, 2.24) is 15.5 Å². The van der Waals surface area contributed by atoms with Gasteiger partial charge in [-0.05, 0) is 101 Å². The normalized spacial score (nSPS) is 45.2. The summed E-state index contributed by atoms with van der Waals surface area (Å²) < 4.78 is 6.41. The highest BCUT2D eigenvalue weighted by atomic mass is 16.6. The van der Waals surface area contributed by atoms with Crippen LogP contribution in [0.2, 0.25) is 0 Å². The molecule has 0 aromatic carbocycles. The molecule has 1 heterocycles. The van der Waals surface area contributed by atoms with E-state index in [4.69, 9.17) is 10.5 Å². The first-order valence-electron chi connectivity index (χ1n) is 12.8. The van der Waals surface area contributed by atoms with E-state index < -0.39 is 11.6 Å². The van der Waals surface area contributed by atoms with Crippen LogP contribution in [0, 0.1) is 34.5 Å². The Hall–Kier alpha value is -1.69. The molecule has 33 heavy (non-hydrogen) atoms. The first-order valence-corrected chi connectivity index (χ1v) is 12.8. The molecule has 1 saturated heterocycles. The summed E-state index contributed by atoms with van der Waals surface area (Å²) in [4.78, 5) is 28.8. The molecular weight excluding hydrogens is 418 g/mol. The monoisotopic (exact) mass is 455 g/mol. The van der Waals surface area contributed by atoms with E-state index in [1.165, 1.54) is 0 Å². The van der Waals surface area contributed by atoms with Gasteiger partial charge in [-0.15, -0.1) is 0 Å². The minimum Gasteiger partial charge on any atom is -0.458 e. The Labute approximate surface area is 195 Å². The number of fused-ring (bicyclic) bond motifs is 1. The average molecular weight is 456 g/mol. The van der Waals surface area contributed by atoms with Crippen molar-refractivity contribution in [3.63, 3.8) is 0 Å². The molecular formula is C25H37N5O3. The summed E-state index contributed by atoms with van der Waals surface area (Å²) in [5.74, 6) is 1.16. The van der Waals surface area contributed by atoms with Gasteiger partial charge in [0.15, 0.2) is 0 Å². The minimum absolute atomic E-state index is 0.0461. The van der Waals surface area contributed by atoms with Crippen molar-refractivity contribution in [1.29, 1.82) is 5.26 Å². The van der Waals surface area contributed by atoms with Gasteiger partial charge in [0.2, 0.25) is 5.91 Å². The van der Waals surface area contributed by atoms with Gasteiger partial charge in [-0.2, -0.15) is 5.26 Å². The van der Waals surface area contributed by atoms with Crippen LogP contribution in [0.15, 0.2) is 0 Å². The zero-order valence-electron chi connectivity index (χ0n) is 19.8. The van der Waals surface area contributed by atoms with Crippen LogP contribution in [0.4, 0.5) is 0 Å². The number of rotatable bonds is 7. The molecule has 4 N–H and O–H groups in total. The Morgan fingerprint density at radius 1 is 1.12 bits per heavy atom. The Kier molecular flexibility index (Phi) is 4.73. The summed E-state index contributed by atoms with van der Waals surface area (Å²) in [5, 5.41) is 16.1. The third-order valence-electron chi connectivity index (χ3n) is 10.2. The third kappa shape index (κ3) is 3.19. The van der Waals surface area contributed by atoms with Crippen LogP contribution in [-0.4, -0.2) is 66.2 Å². The van der Waals surface area contributed by atoms with E-state index in [1.54, 1.807) is 0 Å². The molecule has 7 rings (SSSR count). The number of nitrogens with one attached hydrogen (secondary N) is 2. The SMILES string of the molecule is CNC(C(=O)OC12CC3CC(C1)CC(C(N)C(=O)N1C(C#N)CC4CC41)(C3)C2)C1(NC)CC1. The number of amides is 1. The van der Waals surface area contributed by atoms with Gasteiger partial charge in [-0.1, -0.05) is 0 Å². The minimum atomic E-state index is -0.621. The van der Waals surface area contributed by atoms with Crippen molar-refractivity contribution in [2.45, 2.75) is 99.5 Å². The molecule has 180 valence electrons. The number of ether oxygens (including phenoxy) is 1. The standard InChI is InChI=1S/C25H37N5O3/c1-28-20(25(29-2)3-4-25)22(32)33-24-10-14-5-15(11-24)9-23(8-14,13-24)19(27)21(31)30-17(12-26)6-16-7-18(16)30/h14-20,28-29H,3-11,13,27H2,1-2H3. The first-order chi connectivity index (χ1) is 15.8. The van der Waals surface area contributed by atoms with E-state index >= 15 is 0 Å². The number of likely N-dealkylation sites (tertiary alicyclic amines) is 1. The smallest absolute Gasteiger partial charge is 0.325 e. The Balaban J connectivity index is 1.24. The molecule has 7 unspecified atom stereocenters. The molecule has 7 aliphatic rings. The molecule has 4 bridgehead atoms. The highest BCUT2D eigenvalue weighted by molar-refractivity contribution is 5.84. The summed E-state index contributed by atoms with van der Waals surface area (Å²) >= 11 is 0. The fraction of sp³-hybridized carbons (Fsp3) is 0.880. The molecule has 8 heteroatoms. The molecule has 6 saturated carbocycles. The maximum atomic E-state index is 13.7. The van der Waals surface area contributed by atoms with E-state index in [0.717, 1.165) is 57.8 Å². The molecule has 6 aliphatic carbocycles. The van der Waals surface area contributed by atoms with Gasteiger partial charge in [-0.25, -0.2) is 0 Å². The number of piperidine rings is 1. The van der Waals surface area contributed by atoms with Crippen molar-refractivity contribution >= 4 is 11.9 Å². The third-order valence-corrected chi connectivity index (χ3v) is 10.2. The Morgan fingerprint density at radius 3 is 2.39 bits per heavy atom. The molecule has 0 aromatic heterocycles. The highest BCUT2D eigenvalue weighted by Crippen LogP contribution is 2.64. The molecule has 8 nitrogen and oxygen atoms in total. The molecule has 7 fully saturated rings. The van der Waals surface area contributed by atoms with E-state index in [2.05, 4.69) is 16.7 Å². The maximum Gasteiger partial charge on any atom is 0.325 e. The van der Waals surface area contributed by atoms with Gasteiger partial charge in [-0.3, -0.25) is 9.59 Å². The Morgan fingerprint density at radius 2 is 1.82 bits per heavy atom. The number of carbonyl (C=O) groups excluding carboxylic acids is 2. The van der Waals surface area contributed by atoms with Crippen LogP contribution in [0.3, 0.4) is 0 Å². The van der Waals surface area contributed by atoms with Gasteiger partial charge in [0, 0.05) is 11.6 Å². The zero-order chi connectivity index (χ0) is 23.2. The predicted octanol–water partition coefficient (Wildman–Crippen LogP) is 1.05. The Bertz CT molecular complexity index is 896. The second-order valence-electron chi connectivity index (χ2n) is 12.2. The van der Waals surface area contributed by atoms with Crippen LogP contribution < -0.4 is 16.4 Å². The number of hydrogen-bond donors (Lipinski definition) is 3. The second kappa shape index (κ2) is 7.16. The average Bonchev–Trinajstić information content (AvgIpc) is 3.69. The second-order valence-corrected chi connectivity index (χ2v) is 12.2. The maximum absolute atomic E-state index is 13.7. The van der Waals surface area contributed by atoms with Crippen LogP contribution in [0.25, 0.3) is 0 Å². The number of hydrogen-bond acceptors (Lipinski definition) is 7. The predicted molar refractivity (Wildman–Crippen MR) is 121 cm³/mol. The molecule has 0 radical (unpaired) electrons. The number of esters is 1.